The molecular formula is C15H22BrN. The van der Waals surface area contributed by atoms with Crippen LogP contribution in [0.15, 0.2) is 28.7 Å². The SMILES string of the molecule is CC(NCC1CCCC1C)c1ccc(Br)cc1. The summed E-state index contributed by atoms with van der Waals surface area (Å²) in [6, 6.07) is 9.08. The van der Waals surface area contributed by atoms with Gasteiger partial charge in [-0.05, 0) is 49.4 Å². The summed E-state index contributed by atoms with van der Waals surface area (Å²) >= 11 is 3.47. The van der Waals surface area contributed by atoms with Crippen LogP contribution in [0.4, 0.5) is 0 Å². The molecule has 3 unspecified atom stereocenters. The lowest BCUT2D eigenvalue weighted by Crippen LogP contribution is -2.26. The number of benzene rings is 1. The second kappa shape index (κ2) is 6.01. The normalized spacial score (nSPS) is 26.1. The van der Waals surface area contributed by atoms with E-state index in [2.05, 4.69) is 59.4 Å². The van der Waals surface area contributed by atoms with E-state index >= 15 is 0 Å². The number of hydrogen-bond donors (Lipinski definition) is 1. The zero-order valence-corrected chi connectivity index (χ0v) is 12.3. The van der Waals surface area contributed by atoms with E-state index in [9.17, 15) is 0 Å². The Kier molecular flexibility index (Phi) is 4.63. The summed E-state index contributed by atoms with van der Waals surface area (Å²) < 4.78 is 1.15. The number of nitrogens with one attached hydrogen (secondary N) is 1. The minimum absolute atomic E-state index is 0.455. The van der Waals surface area contributed by atoms with Crippen molar-refractivity contribution < 1.29 is 0 Å². The van der Waals surface area contributed by atoms with Crippen LogP contribution in [0.1, 0.15) is 44.7 Å². The van der Waals surface area contributed by atoms with Gasteiger partial charge in [-0.15, -0.1) is 0 Å². The molecule has 0 saturated heterocycles. The Bertz CT molecular complexity index is 346. The Hall–Kier alpha value is -0.340. The summed E-state index contributed by atoms with van der Waals surface area (Å²) in [6.45, 7) is 5.81. The third kappa shape index (κ3) is 3.56. The van der Waals surface area contributed by atoms with Crippen LogP contribution in [0.5, 0.6) is 0 Å². The minimum atomic E-state index is 0.455. The average Bonchev–Trinajstić information content (AvgIpc) is 2.73. The van der Waals surface area contributed by atoms with Crippen molar-refractivity contribution in [1.82, 2.24) is 5.32 Å². The Balaban J connectivity index is 1.84. The smallest absolute Gasteiger partial charge is 0.0291 e. The molecule has 0 amide bonds. The van der Waals surface area contributed by atoms with Gasteiger partial charge >= 0.3 is 0 Å². The number of rotatable bonds is 4. The highest BCUT2D eigenvalue weighted by Gasteiger charge is 2.23. The van der Waals surface area contributed by atoms with Crippen molar-refractivity contribution in [1.29, 1.82) is 0 Å². The quantitative estimate of drug-likeness (QED) is 0.860. The van der Waals surface area contributed by atoms with Gasteiger partial charge in [0.1, 0.15) is 0 Å². The molecule has 17 heavy (non-hydrogen) atoms. The third-order valence-electron chi connectivity index (χ3n) is 4.10. The summed E-state index contributed by atoms with van der Waals surface area (Å²) in [5.74, 6) is 1.78. The van der Waals surface area contributed by atoms with Crippen LogP contribution in [-0.4, -0.2) is 6.54 Å². The topological polar surface area (TPSA) is 12.0 Å². The van der Waals surface area contributed by atoms with Gasteiger partial charge in [0.25, 0.3) is 0 Å². The molecule has 0 bridgehead atoms. The lowest BCUT2D eigenvalue weighted by atomic mass is 9.97. The highest BCUT2D eigenvalue weighted by molar-refractivity contribution is 9.10. The zero-order chi connectivity index (χ0) is 12.3. The van der Waals surface area contributed by atoms with Gasteiger partial charge in [-0.25, -0.2) is 0 Å². The molecule has 1 nitrogen and oxygen atoms in total. The summed E-state index contributed by atoms with van der Waals surface area (Å²) in [7, 11) is 0. The average molecular weight is 296 g/mol. The largest absolute Gasteiger partial charge is 0.310 e. The minimum Gasteiger partial charge on any atom is -0.310 e. The first kappa shape index (κ1) is 13.1. The maximum Gasteiger partial charge on any atom is 0.0291 e. The van der Waals surface area contributed by atoms with E-state index in [0.29, 0.717) is 6.04 Å². The molecule has 0 heterocycles. The predicted octanol–water partition coefficient (Wildman–Crippen LogP) is 4.54. The van der Waals surface area contributed by atoms with Crippen LogP contribution in [0.3, 0.4) is 0 Å². The van der Waals surface area contributed by atoms with E-state index < -0.39 is 0 Å². The lowest BCUT2D eigenvalue weighted by Gasteiger charge is -2.20. The fraction of sp³-hybridized carbons (Fsp3) is 0.600. The first-order valence-corrected chi connectivity index (χ1v) is 7.45. The molecule has 1 aliphatic rings. The first-order valence-electron chi connectivity index (χ1n) is 6.65. The monoisotopic (exact) mass is 295 g/mol. The highest BCUT2D eigenvalue weighted by atomic mass is 79.9. The van der Waals surface area contributed by atoms with Gasteiger partial charge in [-0.2, -0.15) is 0 Å². The Morgan fingerprint density at radius 2 is 2.00 bits per heavy atom. The zero-order valence-electron chi connectivity index (χ0n) is 10.7. The van der Waals surface area contributed by atoms with Crippen molar-refractivity contribution in [3.8, 4) is 0 Å². The Morgan fingerprint density at radius 1 is 1.29 bits per heavy atom. The Labute approximate surface area is 113 Å². The molecule has 0 aliphatic heterocycles. The third-order valence-corrected chi connectivity index (χ3v) is 4.62. The molecule has 2 rings (SSSR count). The van der Waals surface area contributed by atoms with Gasteiger partial charge in [0.05, 0.1) is 0 Å². The molecule has 1 N–H and O–H groups in total. The molecule has 1 aliphatic carbocycles. The highest BCUT2D eigenvalue weighted by Crippen LogP contribution is 2.31. The van der Waals surface area contributed by atoms with Crippen LogP contribution >= 0.6 is 15.9 Å². The van der Waals surface area contributed by atoms with Gasteiger partial charge in [0, 0.05) is 10.5 Å². The van der Waals surface area contributed by atoms with Gasteiger partial charge in [0.15, 0.2) is 0 Å². The maximum atomic E-state index is 3.68. The fourth-order valence-corrected chi connectivity index (χ4v) is 2.99. The van der Waals surface area contributed by atoms with E-state index in [0.717, 1.165) is 16.3 Å². The van der Waals surface area contributed by atoms with Crippen molar-refractivity contribution in [2.75, 3.05) is 6.54 Å². The molecule has 3 atom stereocenters. The number of halogens is 1. The van der Waals surface area contributed by atoms with Crippen LogP contribution in [0, 0.1) is 11.8 Å². The summed E-state index contributed by atoms with van der Waals surface area (Å²) in [4.78, 5) is 0. The van der Waals surface area contributed by atoms with E-state index in [1.807, 2.05) is 0 Å². The van der Waals surface area contributed by atoms with E-state index in [4.69, 9.17) is 0 Å². The van der Waals surface area contributed by atoms with E-state index in [1.165, 1.54) is 31.4 Å². The summed E-state index contributed by atoms with van der Waals surface area (Å²) in [6.07, 6.45) is 4.24. The standard InChI is InChI=1S/C15H22BrN/c1-11-4-3-5-14(11)10-17-12(2)13-6-8-15(16)9-7-13/h6-9,11-12,14,17H,3-5,10H2,1-2H3. The molecule has 1 aromatic rings. The van der Waals surface area contributed by atoms with E-state index in [-0.39, 0.29) is 0 Å². The van der Waals surface area contributed by atoms with Gasteiger partial charge in [-0.3, -0.25) is 0 Å². The summed E-state index contributed by atoms with van der Waals surface area (Å²) in [5, 5.41) is 3.68. The predicted molar refractivity (Wildman–Crippen MR) is 77.1 cm³/mol. The van der Waals surface area contributed by atoms with Crippen LogP contribution < -0.4 is 5.32 Å². The van der Waals surface area contributed by atoms with Crippen molar-refractivity contribution >= 4 is 15.9 Å². The molecule has 0 spiro atoms. The molecule has 1 saturated carbocycles. The summed E-state index contributed by atoms with van der Waals surface area (Å²) in [5.41, 5.74) is 1.37. The maximum absolute atomic E-state index is 3.68. The molecule has 1 fully saturated rings. The van der Waals surface area contributed by atoms with Crippen molar-refractivity contribution in [2.24, 2.45) is 11.8 Å². The molecule has 0 radical (unpaired) electrons. The van der Waals surface area contributed by atoms with E-state index in [1.54, 1.807) is 0 Å². The fourth-order valence-electron chi connectivity index (χ4n) is 2.72. The van der Waals surface area contributed by atoms with Crippen LogP contribution in [0.25, 0.3) is 0 Å². The lowest BCUT2D eigenvalue weighted by molar-refractivity contribution is 0.375. The van der Waals surface area contributed by atoms with Crippen molar-refractivity contribution in [2.45, 2.75) is 39.2 Å². The van der Waals surface area contributed by atoms with Crippen LogP contribution in [-0.2, 0) is 0 Å². The van der Waals surface area contributed by atoms with Gasteiger partial charge < -0.3 is 5.32 Å². The van der Waals surface area contributed by atoms with Gasteiger partial charge in [-0.1, -0.05) is 47.8 Å². The van der Waals surface area contributed by atoms with Crippen LogP contribution in [0.2, 0.25) is 0 Å². The van der Waals surface area contributed by atoms with Gasteiger partial charge in [0.2, 0.25) is 0 Å². The Morgan fingerprint density at radius 3 is 2.59 bits per heavy atom. The number of hydrogen-bond acceptors (Lipinski definition) is 1. The molecule has 1 aromatic carbocycles. The first-order chi connectivity index (χ1) is 8.16. The molecule has 0 aromatic heterocycles. The second-order valence-corrected chi connectivity index (χ2v) is 6.27. The second-order valence-electron chi connectivity index (χ2n) is 5.35. The molecule has 94 valence electrons. The molecule has 2 heteroatoms. The molecular weight excluding hydrogens is 274 g/mol. The van der Waals surface area contributed by atoms with Crippen molar-refractivity contribution in [3.05, 3.63) is 34.3 Å². The van der Waals surface area contributed by atoms with Crippen molar-refractivity contribution in [3.63, 3.8) is 0 Å².